The SMILES string of the molecule is CC1=C(O)C=CC=CC1. The Kier molecular flexibility index (Phi) is 1.73. The van der Waals surface area contributed by atoms with E-state index in [1.54, 1.807) is 6.08 Å². The van der Waals surface area contributed by atoms with Crippen LogP contribution in [0.15, 0.2) is 35.6 Å². The van der Waals surface area contributed by atoms with E-state index in [9.17, 15) is 0 Å². The van der Waals surface area contributed by atoms with Crippen molar-refractivity contribution in [3.05, 3.63) is 35.6 Å². The largest absolute Gasteiger partial charge is 0.508 e. The molecular weight excluding hydrogens is 112 g/mol. The van der Waals surface area contributed by atoms with Crippen molar-refractivity contribution in [2.45, 2.75) is 13.3 Å². The molecule has 1 rings (SSSR count). The molecule has 0 aromatic carbocycles. The first-order valence-electron chi connectivity index (χ1n) is 3.02. The topological polar surface area (TPSA) is 20.2 Å². The molecule has 0 unspecified atom stereocenters. The van der Waals surface area contributed by atoms with Crippen LogP contribution >= 0.6 is 0 Å². The molecule has 0 saturated carbocycles. The molecular formula is C8H10O. The van der Waals surface area contributed by atoms with Crippen LogP contribution in [-0.2, 0) is 0 Å². The van der Waals surface area contributed by atoms with Crippen LogP contribution in [0.25, 0.3) is 0 Å². The van der Waals surface area contributed by atoms with Gasteiger partial charge in [0.15, 0.2) is 0 Å². The molecule has 0 fully saturated rings. The molecule has 1 N–H and O–H groups in total. The summed E-state index contributed by atoms with van der Waals surface area (Å²) in [6.07, 6.45) is 8.37. The third-order valence-corrected chi connectivity index (χ3v) is 1.36. The van der Waals surface area contributed by atoms with E-state index < -0.39 is 0 Å². The Hall–Kier alpha value is -0.980. The van der Waals surface area contributed by atoms with E-state index in [1.165, 1.54) is 0 Å². The summed E-state index contributed by atoms with van der Waals surface area (Å²) < 4.78 is 0. The van der Waals surface area contributed by atoms with Crippen LogP contribution in [0.5, 0.6) is 0 Å². The van der Waals surface area contributed by atoms with Crippen molar-refractivity contribution in [2.24, 2.45) is 0 Å². The Bertz CT molecular complexity index is 185. The molecule has 0 radical (unpaired) electrons. The number of hydrogen-bond donors (Lipinski definition) is 1. The van der Waals surface area contributed by atoms with E-state index >= 15 is 0 Å². The molecule has 0 bridgehead atoms. The lowest BCUT2D eigenvalue weighted by molar-refractivity contribution is 0.424. The maximum Gasteiger partial charge on any atom is 0.114 e. The van der Waals surface area contributed by atoms with Gasteiger partial charge in [0.05, 0.1) is 0 Å². The van der Waals surface area contributed by atoms with Gasteiger partial charge in [-0.3, -0.25) is 0 Å². The zero-order chi connectivity index (χ0) is 6.69. The Morgan fingerprint density at radius 3 is 3.00 bits per heavy atom. The van der Waals surface area contributed by atoms with Crippen molar-refractivity contribution in [1.29, 1.82) is 0 Å². The van der Waals surface area contributed by atoms with Crippen molar-refractivity contribution >= 4 is 0 Å². The standard InChI is InChI=1S/C8H10O/c1-7-5-3-2-4-6-8(7)9/h2-4,6,9H,5H2,1H3. The fourth-order valence-corrected chi connectivity index (χ4v) is 0.717. The van der Waals surface area contributed by atoms with Crippen molar-refractivity contribution in [1.82, 2.24) is 0 Å². The van der Waals surface area contributed by atoms with Crippen LogP contribution in [0.3, 0.4) is 0 Å². The fraction of sp³-hybridized carbons (Fsp3) is 0.250. The van der Waals surface area contributed by atoms with Gasteiger partial charge in [-0.25, -0.2) is 0 Å². The van der Waals surface area contributed by atoms with E-state index in [1.807, 2.05) is 25.2 Å². The summed E-state index contributed by atoms with van der Waals surface area (Å²) in [7, 11) is 0. The summed E-state index contributed by atoms with van der Waals surface area (Å²) in [4.78, 5) is 0. The number of allylic oxidation sites excluding steroid dienone is 5. The Balaban J connectivity index is 2.85. The highest BCUT2D eigenvalue weighted by Crippen LogP contribution is 2.10. The summed E-state index contributed by atoms with van der Waals surface area (Å²) in [5.74, 6) is 0.403. The molecule has 1 heteroatoms. The third-order valence-electron chi connectivity index (χ3n) is 1.36. The van der Waals surface area contributed by atoms with Crippen LogP contribution in [0.4, 0.5) is 0 Å². The van der Waals surface area contributed by atoms with Gasteiger partial charge in [0.25, 0.3) is 0 Å². The highest BCUT2D eigenvalue weighted by Gasteiger charge is 1.94. The van der Waals surface area contributed by atoms with Gasteiger partial charge < -0.3 is 5.11 Å². The van der Waals surface area contributed by atoms with Crippen molar-refractivity contribution < 1.29 is 5.11 Å². The number of aliphatic hydroxyl groups excluding tert-OH is 1. The van der Waals surface area contributed by atoms with Gasteiger partial charge >= 0.3 is 0 Å². The van der Waals surface area contributed by atoms with Gasteiger partial charge in [-0.05, 0) is 25.0 Å². The second-order valence-electron chi connectivity index (χ2n) is 2.16. The highest BCUT2D eigenvalue weighted by molar-refractivity contribution is 5.26. The molecule has 1 nitrogen and oxygen atoms in total. The molecule has 48 valence electrons. The molecule has 0 heterocycles. The number of rotatable bonds is 0. The minimum atomic E-state index is 0.403. The Labute approximate surface area is 55.0 Å². The molecule has 1 aliphatic rings. The van der Waals surface area contributed by atoms with Crippen LogP contribution in [-0.4, -0.2) is 5.11 Å². The van der Waals surface area contributed by atoms with Gasteiger partial charge in [0, 0.05) is 0 Å². The fourth-order valence-electron chi connectivity index (χ4n) is 0.717. The van der Waals surface area contributed by atoms with Crippen LogP contribution < -0.4 is 0 Å². The molecule has 0 saturated heterocycles. The van der Waals surface area contributed by atoms with E-state index in [-0.39, 0.29) is 0 Å². The van der Waals surface area contributed by atoms with E-state index in [0.29, 0.717) is 5.76 Å². The van der Waals surface area contributed by atoms with Gasteiger partial charge in [0.2, 0.25) is 0 Å². The predicted octanol–water partition coefficient (Wildman–Crippen LogP) is 2.33. The number of aliphatic hydroxyl groups is 1. The first kappa shape index (κ1) is 6.14. The smallest absolute Gasteiger partial charge is 0.114 e. The quantitative estimate of drug-likeness (QED) is 0.522. The van der Waals surface area contributed by atoms with Gasteiger partial charge in [-0.15, -0.1) is 0 Å². The molecule has 9 heavy (non-hydrogen) atoms. The molecule has 0 spiro atoms. The van der Waals surface area contributed by atoms with E-state index in [0.717, 1.165) is 12.0 Å². The Morgan fingerprint density at radius 2 is 2.22 bits per heavy atom. The van der Waals surface area contributed by atoms with E-state index in [2.05, 4.69) is 0 Å². The third kappa shape index (κ3) is 1.46. The Morgan fingerprint density at radius 1 is 1.44 bits per heavy atom. The number of hydrogen-bond acceptors (Lipinski definition) is 1. The summed E-state index contributed by atoms with van der Waals surface area (Å²) >= 11 is 0. The van der Waals surface area contributed by atoms with Crippen LogP contribution in [0.2, 0.25) is 0 Å². The summed E-state index contributed by atoms with van der Waals surface area (Å²) in [5.41, 5.74) is 1.03. The molecule has 0 aliphatic heterocycles. The maximum atomic E-state index is 9.11. The molecule has 1 aliphatic carbocycles. The predicted molar refractivity (Wildman–Crippen MR) is 38.2 cm³/mol. The lowest BCUT2D eigenvalue weighted by Crippen LogP contribution is -1.79. The van der Waals surface area contributed by atoms with Crippen molar-refractivity contribution in [2.75, 3.05) is 0 Å². The first-order valence-corrected chi connectivity index (χ1v) is 3.02. The highest BCUT2D eigenvalue weighted by atomic mass is 16.3. The second-order valence-corrected chi connectivity index (χ2v) is 2.16. The minimum absolute atomic E-state index is 0.403. The van der Waals surface area contributed by atoms with Gasteiger partial charge in [-0.2, -0.15) is 0 Å². The molecule has 0 amide bonds. The molecule has 0 aromatic rings. The normalized spacial score (nSPS) is 18.3. The maximum absolute atomic E-state index is 9.11. The monoisotopic (exact) mass is 122 g/mol. The van der Waals surface area contributed by atoms with Crippen LogP contribution in [0, 0.1) is 0 Å². The van der Waals surface area contributed by atoms with Gasteiger partial charge in [-0.1, -0.05) is 18.2 Å². The molecule has 0 aromatic heterocycles. The van der Waals surface area contributed by atoms with Crippen LogP contribution in [0.1, 0.15) is 13.3 Å². The zero-order valence-electron chi connectivity index (χ0n) is 5.46. The molecule has 0 atom stereocenters. The first-order chi connectivity index (χ1) is 4.30. The second kappa shape index (κ2) is 2.53. The minimum Gasteiger partial charge on any atom is -0.508 e. The average molecular weight is 122 g/mol. The lowest BCUT2D eigenvalue weighted by atomic mass is 10.2. The summed E-state index contributed by atoms with van der Waals surface area (Å²) in [6, 6.07) is 0. The van der Waals surface area contributed by atoms with Gasteiger partial charge in [0.1, 0.15) is 5.76 Å². The van der Waals surface area contributed by atoms with E-state index in [4.69, 9.17) is 5.11 Å². The summed E-state index contributed by atoms with van der Waals surface area (Å²) in [5, 5.41) is 9.11. The van der Waals surface area contributed by atoms with Crippen molar-refractivity contribution in [3.8, 4) is 0 Å². The zero-order valence-corrected chi connectivity index (χ0v) is 5.46. The average Bonchev–Trinajstić information content (AvgIpc) is 1.99. The summed E-state index contributed by atoms with van der Waals surface area (Å²) in [6.45, 7) is 1.93. The lowest BCUT2D eigenvalue weighted by Gasteiger charge is -1.94. The van der Waals surface area contributed by atoms with Crippen molar-refractivity contribution in [3.63, 3.8) is 0 Å².